The van der Waals surface area contributed by atoms with Gasteiger partial charge in [-0.1, -0.05) is 28.4 Å². The van der Waals surface area contributed by atoms with Crippen molar-refractivity contribution in [3.63, 3.8) is 0 Å². The lowest BCUT2D eigenvalue weighted by Crippen LogP contribution is -1.95. The average molecular weight is 250 g/mol. The van der Waals surface area contributed by atoms with Crippen LogP contribution in [0.3, 0.4) is 0 Å². The number of phenolic OH excluding ortho intramolecular Hbond substituents is 1. The molecule has 0 atom stereocenters. The molecule has 0 bridgehead atoms. The molecule has 0 saturated heterocycles. The van der Waals surface area contributed by atoms with Crippen LogP contribution < -0.4 is 4.74 Å². The van der Waals surface area contributed by atoms with E-state index in [-0.39, 0.29) is 27.1 Å². The molecule has 82 valence electrons. The molecule has 0 heterocycles. The first-order chi connectivity index (χ1) is 7.11. The van der Waals surface area contributed by atoms with Gasteiger partial charge in [0.05, 0.1) is 28.4 Å². The molecule has 0 aliphatic rings. The topological polar surface area (TPSA) is 62.0 Å². The number of benzene rings is 1. The van der Waals surface area contributed by atoms with Gasteiger partial charge in [0.15, 0.2) is 11.5 Å². The van der Waals surface area contributed by atoms with Crippen LogP contribution in [0.2, 0.25) is 10.0 Å². The van der Waals surface area contributed by atoms with Crippen molar-refractivity contribution < 1.29 is 15.1 Å². The fourth-order valence-corrected chi connectivity index (χ4v) is 1.45. The van der Waals surface area contributed by atoms with Gasteiger partial charge in [0, 0.05) is 6.07 Å². The lowest BCUT2D eigenvalue weighted by Gasteiger charge is -2.10. The van der Waals surface area contributed by atoms with E-state index in [2.05, 4.69) is 5.16 Å². The Morgan fingerprint density at radius 2 is 2.20 bits per heavy atom. The van der Waals surface area contributed by atoms with Crippen LogP contribution in [0, 0.1) is 0 Å². The van der Waals surface area contributed by atoms with E-state index in [1.54, 1.807) is 6.92 Å². The van der Waals surface area contributed by atoms with Gasteiger partial charge in [0.2, 0.25) is 0 Å². The predicted molar refractivity (Wildman–Crippen MR) is 58.7 cm³/mol. The summed E-state index contributed by atoms with van der Waals surface area (Å²) in [5.41, 5.74) is 0.120. The van der Waals surface area contributed by atoms with Crippen LogP contribution in [0.1, 0.15) is 12.5 Å². The van der Waals surface area contributed by atoms with Crippen molar-refractivity contribution in [2.45, 2.75) is 6.92 Å². The number of phenols is 1. The molecule has 0 unspecified atom stereocenters. The lowest BCUT2D eigenvalue weighted by molar-refractivity contribution is 0.316. The van der Waals surface area contributed by atoms with Crippen LogP contribution in [0.25, 0.3) is 0 Å². The molecule has 0 saturated carbocycles. The van der Waals surface area contributed by atoms with Crippen molar-refractivity contribution in [2.24, 2.45) is 5.16 Å². The number of oxime groups is 1. The van der Waals surface area contributed by atoms with Crippen molar-refractivity contribution in [3.8, 4) is 11.5 Å². The average Bonchev–Trinajstić information content (AvgIpc) is 2.21. The van der Waals surface area contributed by atoms with Crippen LogP contribution in [-0.2, 0) is 0 Å². The van der Waals surface area contributed by atoms with Gasteiger partial charge < -0.3 is 15.1 Å². The number of rotatable bonds is 3. The monoisotopic (exact) mass is 249 g/mol. The van der Waals surface area contributed by atoms with E-state index < -0.39 is 0 Å². The second-order valence-electron chi connectivity index (χ2n) is 2.61. The molecule has 0 amide bonds. The number of ether oxygens (including phenoxy) is 1. The lowest BCUT2D eigenvalue weighted by atomic mass is 10.2. The summed E-state index contributed by atoms with van der Waals surface area (Å²) in [5.74, 6) is -0.00847. The van der Waals surface area contributed by atoms with Gasteiger partial charge in [0.25, 0.3) is 0 Å². The molecule has 6 heteroatoms. The Bertz CT molecular complexity index is 393. The molecule has 1 rings (SSSR count). The van der Waals surface area contributed by atoms with E-state index in [1.807, 2.05) is 0 Å². The first-order valence-corrected chi connectivity index (χ1v) is 4.88. The fourth-order valence-electron chi connectivity index (χ4n) is 1.05. The summed E-state index contributed by atoms with van der Waals surface area (Å²) >= 11 is 11.6. The highest BCUT2D eigenvalue weighted by Crippen LogP contribution is 2.39. The molecule has 1 aromatic rings. The van der Waals surface area contributed by atoms with Crippen molar-refractivity contribution in [2.75, 3.05) is 6.61 Å². The Morgan fingerprint density at radius 3 is 2.73 bits per heavy atom. The van der Waals surface area contributed by atoms with Gasteiger partial charge in [-0.3, -0.25) is 0 Å². The zero-order valence-corrected chi connectivity index (χ0v) is 9.38. The van der Waals surface area contributed by atoms with Crippen LogP contribution in [-0.4, -0.2) is 23.1 Å². The normalized spacial score (nSPS) is 10.9. The first kappa shape index (κ1) is 11.9. The number of hydrogen-bond acceptors (Lipinski definition) is 4. The summed E-state index contributed by atoms with van der Waals surface area (Å²) in [6.07, 6.45) is 0.992. The van der Waals surface area contributed by atoms with E-state index >= 15 is 0 Å². The molecular formula is C9H9Cl2NO3. The van der Waals surface area contributed by atoms with Crippen LogP contribution in [0.5, 0.6) is 11.5 Å². The van der Waals surface area contributed by atoms with E-state index in [0.29, 0.717) is 6.61 Å². The molecule has 0 aromatic heterocycles. The van der Waals surface area contributed by atoms with Crippen molar-refractivity contribution in [1.82, 2.24) is 0 Å². The highest BCUT2D eigenvalue weighted by Gasteiger charge is 2.15. The summed E-state index contributed by atoms with van der Waals surface area (Å²) in [6.45, 7) is 2.14. The molecule has 2 N–H and O–H groups in total. The van der Waals surface area contributed by atoms with Gasteiger partial charge in [-0.15, -0.1) is 0 Å². The molecule has 0 spiro atoms. The van der Waals surface area contributed by atoms with Gasteiger partial charge >= 0.3 is 0 Å². The summed E-state index contributed by atoms with van der Waals surface area (Å²) in [5, 5.41) is 21.2. The standard InChI is InChI=1S/C9H9Cl2NO3/c1-2-15-7-3-6(10)8(11)5(4-12-14)9(7)13/h3-4,13-14H,2H2,1H3. The predicted octanol–water partition coefficient (Wildman–Crippen LogP) is 2.91. The summed E-state index contributed by atoms with van der Waals surface area (Å²) < 4.78 is 5.12. The van der Waals surface area contributed by atoms with Crippen LogP contribution in [0.15, 0.2) is 11.2 Å². The maximum atomic E-state index is 9.69. The summed E-state index contributed by atoms with van der Waals surface area (Å²) in [6, 6.07) is 1.40. The Hall–Kier alpha value is -1.13. The van der Waals surface area contributed by atoms with E-state index in [0.717, 1.165) is 6.21 Å². The summed E-state index contributed by atoms with van der Waals surface area (Å²) in [7, 11) is 0. The number of hydrogen-bond donors (Lipinski definition) is 2. The molecule has 1 aromatic carbocycles. The Kier molecular flexibility index (Phi) is 4.05. The van der Waals surface area contributed by atoms with Gasteiger partial charge in [0.1, 0.15) is 0 Å². The van der Waals surface area contributed by atoms with Crippen molar-refractivity contribution >= 4 is 29.4 Å². The van der Waals surface area contributed by atoms with Crippen molar-refractivity contribution in [1.29, 1.82) is 0 Å². The second kappa shape index (κ2) is 5.09. The van der Waals surface area contributed by atoms with Crippen LogP contribution in [0.4, 0.5) is 0 Å². The zero-order chi connectivity index (χ0) is 11.4. The molecule has 0 fully saturated rings. The number of nitrogens with zero attached hydrogens (tertiary/aromatic N) is 1. The maximum absolute atomic E-state index is 9.69. The molecule has 4 nitrogen and oxygen atoms in total. The maximum Gasteiger partial charge on any atom is 0.168 e. The van der Waals surface area contributed by atoms with E-state index in [4.69, 9.17) is 33.1 Å². The quantitative estimate of drug-likeness (QED) is 0.492. The molecule has 0 aliphatic heterocycles. The molecule has 0 radical (unpaired) electrons. The molecular weight excluding hydrogens is 241 g/mol. The third kappa shape index (κ3) is 2.46. The largest absolute Gasteiger partial charge is 0.504 e. The third-order valence-corrected chi connectivity index (χ3v) is 2.48. The molecule has 0 aliphatic carbocycles. The second-order valence-corrected chi connectivity index (χ2v) is 3.40. The minimum absolute atomic E-state index is 0.107. The number of aromatic hydroxyl groups is 1. The SMILES string of the molecule is CCOc1cc(Cl)c(Cl)c(C=NO)c1O. The Morgan fingerprint density at radius 1 is 1.53 bits per heavy atom. The minimum Gasteiger partial charge on any atom is -0.504 e. The van der Waals surface area contributed by atoms with Gasteiger partial charge in [-0.2, -0.15) is 0 Å². The van der Waals surface area contributed by atoms with Gasteiger partial charge in [-0.25, -0.2) is 0 Å². The zero-order valence-electron chi connectivity index (χ0n) is 7.87. The first-order valence-electron chi connectivity index (χ1n) is 4.13. The Labute approximate surface area is 96.7 Å². The molecule has 15 heavy (non-hydrogen) atoms. The van der Waals surface area contributed by atoms with Crippen LogP contribution >= 0.6 is 23.2 Å². The highest BCUT2D eigenvalue weighted by molar-refractivity contribution is 6.43. The third-order valence-electron chi connectivity index (χ3n) is 1.68. The van der Waals surface area contributed by atoms with Gasteiger partial charge in [-0.05, 0) is 6.92 Å². The van der Waals surface area contributed by atoms with Crippen molar-refractivity contribution in [3.05, 3.63) is 21.7 Å². The number of halogens is 2. The van der Waals surface area contributed by atoms with E-state index in [9.17, 15) is 5.11 Å². The summed E-state index contributed by atoms with van der Waals surface area (Å²) in [4.78, 5) is 0. The van der Waals surface area contributed by atoms with E-state index in [1.165, 1.54) is 6.07 Å². The highest BCUT2D eigenvalue weighted by atomic mass is 35.5. The minimum atomic E-state index is -0.205. The Balaban J connectivity index is 3.34. The fraction of sp³-hybridized carbons (Fsp3) is 0.222. The smallest absolute Gasteiger partial charge is 0.168 e.